The number of nitrogens with one attached hydrogen (secondary N) is 2. The third-order valence-corrected chi connectivity index (χ3v) is 4.52. The third-order valence-electron chi connectivity index (χ3n) is 4.52. The van der Waals surface area contributed by atoms with Crippen LogP contribution in [0, 0.1) is 12.8 Å². The summed E-state index contributed by atoms with van der Waals surface area (Å²) in [5.74, 6) is 0.182. The lowest BCUT2D eigenvalue weighted by molar-refractivity contribution is -0.117. The summed E-state index contributed by atoms with van der Waals surface area (Å²) in [6, 6.07) is 5.46. The fourth-order valence-electron chi connectivity index (χ4n) is 3.14. The second-order valence-electron chi connectivity index (χ2n) is 6.35. The Morgan fingerprint density at radius 2 is 2.00 bits per heavy atom. The minimum Gasteiger partial charge on any atom is -0.352 e. The lowest BCUT2D eigenvalue weighted by Crippen LogP contribution is -2.35. The number of amides is 2. The molecular formula is C18H27N3O2. The van der Waals surface area contributed by atoms with Gasteiger partial charge in [-0.25, -0.2) is 0 Å². The van der Waals surface area contributed by atoms with Gasteiger partial charge in [0.15, 0.2) is 0 Å². The van der Waals surface area contributed by atoms with Gasteiger partial charge in [-0.05, 0) is 56.4 Å². The molecule has 1 aliphatic carbocycles. The molecule has 0 aromatic heterocycles. The van der Waals surface area contributed by atoms with Gasteiger partial charge in [0.25, 0.3) is 5.91 Å². The van der Waals surface area contributed by atoms with Crippen molar-refractivity contribution in [2.45, 2.75) is 52.0 Å². The summed E-state index contributed by atoms with van der Waals surface area (Å²) in [6.07, 6.45) is 4.84. The molecule has 0 saturated heterocycles. The minimum absolute atomic E-state index is 0.00112. The van der Waals surface area contributed by atoms with Crippen molar-refractivity contribution >= 4 is 17.5 Å². The van der Waals surface area contributed by atoms with Gasteiger partial charge in [0, 0.05) is 30.3 Å². The molecule has 2 unspecified atom stereocenters. The standard InChI is InChI=1S/C18H27N3O2/c1-3-20-18(23)14-8-9-16(12(2)10-14)21-17(22)11-13-6-4-5-7-15(13)19/h8-10,13,15H,3-7,11,19H2,1-2H3,(H,20,23)(H,21,22). The SMILES string of the molecule is CCNC(=O)c1ccc(NC(=O)CC2CCCCC2N)c(C)c1. The fraction of sp³-hybridized carbons (Fsp3) is 0.556. The van der Waals surface area contributed by atoms with Crippen LogP contribution in [0.4, 0.5) is 5.69 Å². The molecule has 126 valence electrons. The average Bonchev–Trinajstić information content (AvgIpc) is 2.52. The van der Waals surface area contributed by atoms with Crippen LogP contribution in [0.2, 0.25) is 0 Å². The van der Waals surface area contributed by atoms with E-state index in [1.165, 1.54) is 6.42 Å². The van der Waals surface area contributed by atoms with Crippen LogP contribution in [0.1, 0.15) is 54.9 Å². The Kier molecular flexibility index (Phi) is 6.16. The maximum absolute atomic E-state index is 12.3. The number of aryl methyl sites for hydroxylation is 1. The number of benzene rings is 1. The smallest absolute Gasteiger partial charge is 0.251 e. The Hall–Kier alpha value is -1.88. The van der Waals surface area contributed by atoms with E-state index in [1.807, 2.05) is 13.8 Å². The average molecular weight is 317 g/mol. The first kappa shape index (κ1) is 17.5. The van der Waals surface area contributed by atoms with Crippen LogP contribution in [0.3, 0.4) is 0 Å². The highest BCUT2D eigenvalue weighted by Gasteiger charge is 2.24. The largest absolute Gasteiger partial charge is 0.352 e. The molecule has 0 aliphatic heterocycles. The molecule has 2 atom stereocenters. The van der Waals surface area contributed by atoms with Gasteiger partial charge in [-0.3, -0.25) is 9.59 Å². The molecule has 1 aromatic carbocycles. The number of anilines is 1. The highest BCUT2D eigenvalue weighted by Crippen LogP contribution is 2.26. The molecule has 1 fully saturated rings. The monoisotopic (exact) mass is 317 g/mol. The Labute approximate surface area is 138 Å². The van der Waals surface area contributed by atoms with Gasteiger partial charge >= 0.3 is 0 Å². The Morgan fingerprint density at radius 1 is 1.26 bits per heavy atom. The zero-order chi connectivity index (χ0) is 16.8. The number of carbonyl (C=O) groups excluding carboxylic acids is 2. The molecule has 4 N–H and O–H groups in total. The highest BCUT2D eigenvalue weighted by atomic mass is 16.2. The fourth-order valence-corrected chi connectivity index (χ4v) is 3.14. The molecule has 0 bridgehead atoms. The summed E-state index contributed by atoms with van der Waals surface area (Å²) in [5.41, 5.74) is 8.36. The number of carbonyl (C=O) groups is 2. The van der Waals surface area contributed by atoms with Gasteiger partial charge in [-0.15, -0.1) is 0 Å². The van der Waals surface area contributed by atoms with Crippen molar-refractivity contribution in [1.29, 1.82) is 0 Å². The van der Waals surface area contributed by atoms with Crippen molar-refractivity contribution in [3.63, 3.8) is 0 Å². The van der Waals surface area contributed by atoms with Gasteiger partial charge in [0.2, 0.25) is 5.91 Å². The lowest BCUT2D eigenvalue weighted by Gasteiger charge is -2.28. The Bertz CT molecular complexity index is 571. The summed E-state index contributed by atoms with van der Waals surface area (Å²) in [6.45, 7) is 4.37. The zero-order valence-corrected chi connectivity index (χ0v) is 14.0. The molecule has 1 aliphatic rings. The number of nitrogens with two attached hydrogens (primary N) is 1. The summed E-state index contributed by atoms with van der Waals surface area (Å²) < 4.78 is 0. The maximum Gasteiger partial charge on any atom is 0.251 e. The van der Waals surface area contributed by atoms with E-state index >= 15 is 0 Å². The molecule has 2 rings (SSSR count). The van der Waals surface area contributed by atoms with E-state index in [0.29, 0.717) is 18.5 Å². The van der Waals surface area contributed by atoms with Crippen molar-refractivity contribution in [3.05, 3.63) is 29.3 Å². The first-order valence-corrected chi connectivity index (χ1v) is 8.45. The third kappa shape index (κ3) is 4.79. The molecule has 0 heterocycles. The first-order chi connectivity index (χ1) is 11.0. The van der Waals surface area contributed by atoms with Gasteiger partial charge in [-0.2, -0.15) is 0 Å². The first-order valence-electron chi connectivity index (χ1n) is 8.45. The van der Waals surface area contributed by atoms with Gasteiger partial charge in [-0.1, -0.05) is 12.8 Å². The van der Waals surface area contributed by atoms with E-state index < -0.39 is 0 Å². The molecule has 2 amide bonds. The van der Waals surface area contributed by atoms with Gasteiger partial charge in [0.05, 0.1) is 0 Å². The second kappa shape index (κ2) is 8.11. The predicted molar refractivity (Wildman–Crippen MR) is 92.4 cm³/mol. The van der Waals surface area contributed by atoms with E-state index in [4.69, 9.17) is 5.73 Å². The lowest BCUT2D eigenvalue weighted by atomic mass is 9.83. The van der Waals surface area contributed by atoms with Crippen LogP contribution < -0.4 is 16.4 Å². The number of hydrogen-bond donors (Lipinski definition) is 3. The van der Waals surface area contributed by atoms with Crippen molar-refractivity contribution in [2.24, 2.45) is 11.7 Å². The molecule has 5 nitrogen and oxygen atoms in total. The summed E-state index contributed by atoms with van der Waals surface area (Å²) >= 11 is 0. The summed E-state index contributed by atoms with van der Waals surface area (Å²) in [7, 11) is 0. The Balaban J connectivity index is 1.96. The van der Waals surface area contributed by atoms with E-state index in [-0.39, 0.29) is 23.8 Å². The number of hydrogen-bond acceptors (Lipinski definition) is 3. The minimum atomic E-state index is -0.0957. The second-order valence-corrected chi connectivity index (χ2v) is 6.35. The van der Waals surface area contributed by atoms with Crippen LogP contribution in [-0.2, 0) is 4.79 Å². The molecule has 0 radical (unpaired) electrons. The Morgan fingerprint density at radius 3 is 2.65 bits per heavy atom. The van der Waals surface area contributed by atoms with Crippen molar-refractivity contribution in [3.8, 4) is 0 Å². The molecule has 5 heteroatoms. The number of rotatable bonds is 5. The molecule has 1 aromatic rings. The molecule has 1 saturated carbocycles. The zero-order valence-electron chi connectivity index (χ0n) is 14.0. The van der Waals surface area contributed by atoms with E-state index in [2.05, 4.69) is 10.6 Å². The maximum atomic E-state index is 12.3. The van der Waals surface area contributed by atoms with Crippen molar-refractivity contribution in [2.75, 3.05) is 11.9 Å². The normalized spacial score (nSPS) is 20.8. The van der Waals surface area contributed by atoms with Crippen LogP contribution in [-0.4, -0.2) is 24.4 Å². The molecule has 23 heavy (non-hydrogen) atoms. The topological polar surface area (TPSA) is 84.2 Å². The summed E-state index contributed by atoms with van der Waals surface area (Å²) in [4.78, 5) is 24.1. The predicted octanol–water partition coefficient (Wildman–Crippen LogP) is 2.59. The van der Waals surface area contributed by atoms with E-state index in [9.17, 15) is 9.59 Å². The van der Waals surface area contributed by atoms with Crippen LogP contribution in [0.15, 0.2) is 18.2 Å². The summed E-state index contributed by atoms with van der Waals surface area (Å²) in [5, 5.41) is 5.72. The van der Waals surface area contributed by atoms with E-state index in [1.54, 1.807) is 18.2 Å². The van der Waals surface area contributed by atoms with Crippen LogP contribution >= 0.6 is 0 Å². The van der Waals surface area contributed by atoms with Crippen molar-refractivity contribution in [1.82, 2.24) is 5.32 Å². The molecular weight excluding hydrogens is 290 g/mol. The quantitative estimate of drug-likeness (QED) is 0.780. The van der Waals surface area contributed by atoms with Crippen LogP contribution in [0.25, 0.3) is 0 Å². The molecule has 0 spiro atoms. The highest BCUT2D eigenvalue weighted by molar-refractivity contribution is 5.96. The van der Waals surface area contributed by atoms with Crippen LogP contribution in [0.5, 0.6) is 0 Å². The van der Waals surface area contributed by atoms with Gasteiger partial charge in [0.1, 0.15) is 0 Å². The van der Waals surface area contributed by atoms with E-state index in [0.717, 1.165) is 30.5 Å². The van der Waals surface area contributed by atoms with Gasteiger partial charge < -0.3 is 16.4 Å². The van der Waals surface area contributed by atoms with Crippen molar-refractivity contribution < 1.29 is 9.59 Å².